The van der Waals surface area contributed by atoms with Gasteiger partial charge in [0.25, 0.3) is 0 Å². The van der Waals surface area contributed by atoms with E-state index in [-0.39, 0.29) is 0 Å². The Morgan fingerprint density at radius 1 is 0.875 bits per heavy atom. The predicted octanol–water partition coefficient (Wildman–Crippen LogP) is 5.43. The second kappa shape index (κ2) is 6.68. The summed E-state index contributed by atoms with van der Waals surface area (Å²) in [6.45, 7) is 2.24. The molecule has 0 spiro atoms. The van der Waals surface area contributed by atoms with Crippen LogP contribution in [0.4, 0.5) is 0 Å². The molecule has 0 fully saturated rings. The number of aromatic nitrogens is 1. The maximum atomic E-state index is 3.61. The summed E-state index contributed by atoms with van der Waals surface area (Å²) in [5.41, 5.74) is 6.50. The van der Waals surface area contributed by atoms with Crippen molar-refractivity contribution in [2.24, 2.45) is 0 Å². The molecule has 0 amide bonds. The van der Waals surface area contributed by atoms with Gasteiger partial charge in [0.2, 0.25) is 0 Å². The van der Waals surface area contributed by atoms with Gasteiger partial charge in [-0.25, -0.2) is 0 Å². The molecule has 0 saturated heterocycles. The average Bonchev–Trinajstić information content (AvgIpc) is 3.32. The van der Waals surface area contributed by atoms with Gasteiger partial charge >= 0.3 is 149 Å². The van der Waals surface area contributed by atoms with Gasteiger partial charge < -0.3 is 0 Å². The van der Waals surface area contributed by atoms with Crippen LogP contribution in [0.3, 0.4) is 0 Å². The minimum atomic E-state index is 0.429. The van der Waals surface area contributed by atoms with E-state index in [0.29, 0.717) is 19.8 Å². The van der Waals surface area contributed by atoms with Crippen molar-refractivity contribution in [1.82, 2.24) is 4.98 Å². The summed E-state index contributed by atoms with van der Waals surface area (Å²) in [5, 5.41) is 0. The number of rotatable bonds is 3. The van der Waals surface area contributed by atoms with Crippen LogP contribution < -0.4 is 0 Å². The van der Waals surface area contributed by atoms with Gasteiger partial charge in [0.1, 0.15) is 0 Å². The molecule has 0 unspecified atom stereocenters. The molecular weight excluding hydrogens is 357 g/mol. The van der Waals surface area contributed by atoms with Gasteiger partial charge in [0.15, 0.2) is 0 Å². The summed E-state index contributed by atoms with van der Waals surface area (Å²) < 4.78 is 1.49. The number of hydrogen-bond donors (Lipinski definition) is 1. The Kier molecular flexibility index (Phi) is 4.25. The Morgan fingerprint density at radius 2 is 1.58 bits per heavy atom. The van der Waals surface area contributed by atoms with Crippen molar-refractivity contribution in [1.29, 1.82) is 0 Å². The minimum absolute atomic E-state index is 0.429. The molecule has 2 heterocycles. The molecule has 4 rings (SSSR count). The van der Waals surface area contributed by atoms with Crippen molar-refractivity contribution in [3.8, 4) is 11.3 Å². The predicted molar refractivity (Wildman–Crippen MR) is 103 cm³/mol. The van der Waals surface area contributed by atoms with E-state index in [0.717, 1.165) is 0 Å². The standard InChI is InChI=1S/C22H19NSe/c1-16(17-8-4-2-5-9-17)21-14-15-22(24-21)20-13-12-19(23-20)18-10-6-3-7-11-18/h2-15,22-23H,1H3/b21-16-/t22-/m1/s1. The van der Waals surface area contributed by atoms with Crippen molar-refractivity contribution in [2.75, 3.05) is 0 Å². The first-order chi connectivity index (χ1) is 11.8. The molecule has 1 aliphatic rings. The molecule has 1 nitrogen and oxygen atoms in total. The Hall–Kier alpha value is -2.28. The quantitative estimate of drug-likeness (QED) is 0.587. The summed E-state index contributed by atoms with van der Waals surface area (Å²) in [6, 6.07) is 25.6. The van der Waals surface area contributed by atoms with Gasteiger partial charge in [0, 0.05) is 0 Å². The van der Waals surface area contributed by atoms with E-state index in [4.69, 9.17) is 0 Å². The first-order valence-electron chi connectivity index (χ1n) is 8.17. The first kappa shape index (κ1) is 15.3. The van der Waals surface area contributed by atoms with E-state index in [9.17, 15) is 0 Å². The average molecular weight is 376 g/mol. The third-order valence-electron chi connectivity index (χ3n) is 4.35. The number of hydrogen-bond acceptors (Lipinski definition) is 0. The maximum absolute atomic E-state index is 3.61. The SMILES string of the molecule is C/C(=C1\C=C[C@H](c2ccc(-c3ccccc3)[nH]2)[Se]1)c1ccccc1. The fourth-order valence-corrected chi connectivity index (χ4v) is 5.37. The van der Waals surface area contributed by atoms with Crippen LogP contribution in [0.1, 0.15) is 23.0 Å². The fourth-order valence-electron chi connectivity index (χ4n) is 2.97. The number of nitrogens with one attached hydrogen (secondary N) is 1. The molecule has 3 aromatic rings. The molecule has 1 aliphatic heterocycles. The van der Waals surface area contributed by atoms with Crippen LogP contribution in [-0.2, 0) is 0 Å². The van der Waals surface area contributed by atoms with Crippen molar-refractivity contribution >= 4 is 20.5 Å². The fraction of sp³-hybridized carbons (Fsp3) is 0.0909. The van der Waals surface area contributed by atoms with E-state index < -0.39 is 0 Å². The Balaban J connectivity index is 1.56. The Labute approximate surface area is 149 Å². The molecule has 24 heavy (non-hydrogen) atoms. The van der Waals surface area contributed by atoms with Crippen LogP contribution >= 0.6 is 0 Å². The van der Waals surface area contributed by atoms with Gasteiger partial charge in [-0.2, -0.15) is 0 Å². The van der Waals surface area contributed by atoms with E-state index in [1.165, 1.54) is 32.6 Å². The summed E-state index contributed by atoms with van der Waals surface area (Å²) in [6.07, 6.45) is 4.67. The second-order valence-electron chi connectivity index (χ2n) is 5.95. The number of allylic oxidation sites excluding steroid dienone is 4. The van der Waals surface area contributed by atoms with Gasteiger partial charge in [-0.3, -0.25) is 0 Å². The van der Waals surface area contributed by atoms with Gasteiger partial charge in [-0.15, -0.1) is 0 Å². The Morgan fingerprint density at radius 3 is 2.33 bits per heavy atom. The van der Waals surface area contributed by atoms with Crippen molar-refractivity contribution in [3.05, 3.63) is 101 Å². The zero-order valence-corrected chi connectivity index (χ0v) is 15.3. The molecule has 1 atom stereocenters. The zero-order valence-electron chi connectivity index (χ0n) is 13.6. The molecule has 0 aliphatic carbocycles. The van der Waals surface area contributed by atoms with Crippen molar-refractivity contribution in [2.45, 2.75) is 11.7 Å². The van der Waals surface area contributed by atoms with Gasteiger partial charge in [-0.05, 0) is 0 Å². The number of aromatic amines is 1. The zero-order chi connectivity index (χ0) is 16.4. The normalized spacial score (nSPS) is 18.8. The summed E-state index contributed by atoms with van der Waals surface area (Å²) >= 11 is 0.429. The third-order valence-corrected chi connectivity index (χ3v) is 7.21. The monoisotopic (exact) mass is 377 g/mol. The van der Waals surface area contributed by atoms with E-state index in [1.54, 1.807) is 0 Å². The molecule has 2 aromatic carbocycles. The molecule has 2 heteroatoms. The molecule has 118 valence electrons. The second-order valence-corrected chi connectivity index (χ2v) is 8.43. The summed E-state index contributed by atoms with van der Waals surface area (Å²) in [5.74, 6) is 0. The first-order valence-corrected chi connectivity index (χ1v) is 10.0. The topological polar surface area (TPSA) is 15.8 Å². The number of benzene rings is 2. The third kappa shape index (κ3) is 3.03. The molecule has 0 bridgehead atoms. The van der Waals surface area contributed by atoms with Crippen molar-refractivity contribution < 1.29 is 0 Å². The van der Waals surface area contributed by atoms with Crippen LogP contribution in [0.25, 0.3) is 16.8 Å². The van der Waals surface area contributed by atoms with Crippen LogP contribution in [-0.4, -0.2) is 19.9 Å². The number of H-pyrrole nitrogens is 1. The summed E-state index contributed by atoms with van der Waals surface area (Å²) in [7, 11) is 0. The van der Waals surface area contributed by atoms with E-state index in [1.807, 2.05) is 0 Å². The van der Waals surface area contributed by atoms with Gasteiger partial charge in [0.05, 0.1) is 0 Å². The van der Waals surface area contributed by atoms with Crippen molar-refractivity contribution in [3.63, 3.8) is 0 Å². The molecule has 0 saturated carbocycles. The molecule has 0 radical (unpaired) electrons. The van der Waals surface area contributed by atoms with Crippen LogP contribution in [0.15, 0.2) is 89.4 Å². The van der Waals surface area contributed by atoms with E-state index in [2.05, 4.69) is 96.9 Å². The van der Waals surface area contributed by atoms with Crippen LogP contribution in [0.2, 0.25) is 0 Å². The van der Waals surface area contributed by atoms with Crippen LogP contribution in [0, 0.1) is 0 Å². The Bertz CT molecular complexity index is 888. The van der Waals surface area contributed by atoms with E-state index >= 15 is 0 Å². The van der Waals surface area contributed by atoms with Crippen LogP contribution in [0.5, 0.6) is 0 Å². The molecule has 1 aromatic heterocycles. The van der Waals surface area contributed by atoms with Gasteiger partial charge in [-0.1, -0.05) is 0 Å². The molecular formula is C22H19NSe. The summed E-state index contributed by atoms with van der Waals surface area (Å²) in [4.78, 5) is 4.12. The molecule has 1 N–H and O–H groups in total.